The number of ether oxygens (including phenoxy) is 1. The van der Waals surface area contributed by atoms with Crippen molar-refractivity contribution in [1.29, 1.82) is 0 Å². The van der Waals surface area contributed by atoms with E-state index < -0.39 is 25.7 Å². The molecule has 0 unspecified atom stereocenters. The van der Waals surface area contributed by atoms with Gasteiger partial charge in [-0.1, -0.05) is 17.7 Å². The van der Waals surface area contributed by atoms with Crippen LogP contribution in [0.15, 0.2) is 52.3 Å². The largest absolute Gasteiger partial charge is 0.497 e. The van der Waals surface area contributed by atoms with Crippen molar-refractivity contribution >= 4 is 31.5 Å². The van der Waals surface area contributed by atoms with Crippen LogP contribution in [-0.4, -0.2) is 71.6 Å². The van der Waals surface area contributed by atoms with Crippen molar-refractivity contribution in [2.24, 2.45) is 0 Å². The third-order valence-corrected chi connectivity index (χ3v) is 8.81. The molecule has 164 valence electrons. The molecular formula is C19H22ClFN2O5S2. The minimum atomic E-state index is -3.80. The number of hydrogen-bond donors (Lipinski definition) is 0. The summed E-state index contributed by atoms with van der Waals surface area (Å²) in [5.74, 6) is -0.297. The lowest BCUT2D eigenvalue weighted by Gasteiger charge is -2.33. The third kappa shape index (κ3) is 5.12. The number of nitrogens with zero attached hydrogens (tertiary/aromatic N) is 2. The first-order valence-electron chi connectivity index (χ1n) is 9.18. The fourth-order valence-corrected chi connectivity index (χ4v) is 6.15. The highest BCUT2D eigenvalue weighted by Gasteiger charge is 2.29. The van der Waals surface area contributed by atoms with Crippen LogP contribution in [0.2, 0.25) is 5.02 Å². The van der Waals surface area contributed by atoms with Gasteiger partial charge in [-0.3, -0.25) is 4.90 Å². The minimum Gasteiger partial charge on any atom is -0.497 e. The van der Waals surface area contributed by atoms with Gasteiger partial charge >= 0.3 is 0 Å². The minimum absolute atomic E-state index is 0.0667. The first-order valence-corrected chi connectivity index (χ1v) is 12.6. The zero-order chi connectivity index (χ0) is 21.9. The van der Waals surface area contributed by atoms with Crippen LogP contribution < -0.4 is 4.74 Å². The average Bonchev–Trinajstić information content (AvgIpc) is 2.74. The van der Waals surface area contributed by atoms with Crippen molar-refractivity contribution in [1.82, 2.24) is 9.21 Å². The first kappa shape index (κ1) is 23.0. The van der Waals surface area contributed by atoms with E-state index in [1.165, 1.54) is 29.6 Å². The fraction of sp³-hybridized carbons (Fsp3) is 0.368. The van der Waals surface area contributed by atoms with E-state index in [0.717, 1.165) is 12.1 Å². The maximum absolute atomic E-state index is 13.3. The van der Waals surface area contributed by atoms with Crippen LogP contribution in [-0.2, 0) is 19.9 Å². The molecule has 0 atom stereocenters. The number of sulfonamides is 1. The zero-order valence-electron chi connectivity index (χ0n) is 16.3. The first-order chi connectivity index (χ1) is 14.1. The van der Waals surface area contributed by atoms with Gasteiger partial charge in [-0.15, -0.1) is 0 Å². The summed E-state index contributed by atoms with van der Waals surface area (Å²) in [6, 6.07) is 9.60. The average molecular weight is 477 g/mol. The summed E-state index contributed by atoms with van der Waals surface area (Å²) >= 11 is 5.70. The number of hydrogen-bond acceptors (Lipinski definition) is 6. The highest BCUT2D eigenvalue weighted by molar-refractivity contribution is 7.91. The van der Waals surface area contributed by atoms with Gasteiger partial charge in [0.15, 0.2) is 9.84 Å². The Morgan fingerprint density at radius 3 is 2.33 bits per heavy atom. The van der Waals surface area contributed by atoms with Crippen LogP contribution in [0.25, 0.3) is 0 Å². The van der Waals surface area contributed by atoms with Gasteiger partial charge in [0.05, 0.1) is 27.7 Å². The third-order valence-electron chi connectivity index (χ3n) is 4.94. The molecule has 0 saturated carbocycles. The normalized spacial score (nSPS) is 16.5. The number of piperazine rings is 1. The lowest BCUT2D eigenvalue weighted by atomic mass is 10.3. The van der Waals surface area contributed by atoms with Crippen molar-refractivity contribution in [3.05, 3.63) is 53.3 Å². The summed E-state index contributed by atoms with van der Waals surface area (Å²) in [6.45, 7) is 1.48. The molecule has 0 N–H and O–H groups in total. The van der Waals surface area contributed by atoms with Gasteiger partial charge in [-0.2, -0.15) is 4.31 Å². The van der Waals surface area contributed by atoms with E-state index in [2.05, 4.69) is 0 Å². The van der Waals surface area contributed by atoms with Crippen LogP contribution in [0, 0.1) is 5.82 Å². The van der Waals surface area contributed by atoms with Crippen LogP contribution >= 0.6 is 11.6 Å². The van der Waals surface area contributed by atoms with E-state index in [4.69, 9.17) is 16.3 Å². The number of methoxy groups -OCH3 is 1. The molecule has 1 aliphatic heterocycles. The molecule has 0 aliphatic carbocycles. The van der Waals surface area contributed by atoms with Crippen molar-refractivity contribution < 1.29 is 26.0 Å². The van der Waals surface area contributed by atoms with E-state index in [9.17, 15) is 21.2 Å². The lowest BCUT2D eigenvalue weighted by Crippen LogP contribution is -2.49. The molecule has 0 amide bonds. The zero-order valence-corrected chi connectivity index (χ0v) is 18.7. The molecule has 11 heteroatoms. The molecule has 1 heterocycles. The lowest BCUT2D eigenvalue weighted by molar-refractivity contribution is 0.197. The number of rotatable bonds is 7. The Kier molecular flexibility index (Phi) is 7.03. The van der Waals surface area contributed by atoms with E-state index >= 15 is 0 Å². The molecule has 30 heavy (non-hydrogen) atoms. The number of benzene rings is 2. The molecule has 3 rings (SSSR count). The molecule has 2 aromatic carbocycles. The van der Waals surface area contributed by atoms with Crippen molar-refractivity contribution in [3.8, 4) is 5.75 Å². The van der Waals surface area contributed by atoms with Gasteiger partial charge in [0, 0.05) is 32.7 Å². The molecule has 0 radical (unpaired) electrons. The molecule has 0 bridgehead atoms. The summed E-state index contributed by atoms with van der Waals surface area (Å²) < 4.78 is 70.3. The van der Waals surface area contributed by atoms with E-state index in [-0.39, 0.29) is 40.2 Å². The SMILES string of the molecule is COc1cccc(S(=O)(=O)CCN2CCN(S(=O)(=O)c3ccc(F)c(Cl)c3)CC2)c1. The van der Waals surface area contributed by atoms with Crippen molar-refractivity contribution in [2.45, 2.75) is 9.79 Å². The second kappa shape index (κ2) is 9.19. The number of halogens is 2. The Labute approximate surface area is 181 Å². The van der Waals surface area contributed by atoms with Gasteiger partial charge in [0.1, 0.15) is 11.6 Å². The standard InChI is InChI=1S/C19H22ClFN2O5S2/c1-28-15-3-2-4-16(13-15)29(24,25)12-11-22-7-9-23(10-8-22)30(26,27)17-5-6-19(21)18(20)14-17/h2-6,13-14H,7-12H2,1H3. The molecular weight excluding hydrogens is 455 g/mol. The Hall–Kier alpha value is -1.72. The molecule has 2 aromatic rings. The molecule has 1 fully saturated rings. The number of sulfone groups is 1. The van der Waals surface area contributed by atoms with Crippen molar-refractivity contribution in [3.63, 3.8) is 0 Å². The predicted octanol–water partition coefficient (Wildman–Crippen LogP) is 2.27. The van der Waals surface area contributed by atoms with Gasteiger partial charge in [-0.05, 0) is 36.4 Å². The summed E-state index contributed by atoms with van der Waals surface area (Å²) in [5, 5.41) is -0.252. The molecule has 0 aromatic heterocycles. The van der Waals surface area contributed by atoms with Gasteiger partial charge in [0.2, 0.25) is 10.0 Å². The quantitative estimate of drug-likeness (QED) is 0.609. The summed E-state index contributed by atoms with van der Waals surface area (Å²) in [4.78, 5) is 2.03. The van der Waals surface area contributed by atoms with Crippen LogP contribution in [0.3, 0.4) is 0 Å². The van der Waals surface area contributed by atoms with Crippen LogP contribution in [0.5, 0.6) is 5.75 Å². The molecule has 1 aliphatic rings. The maximum Gasteiger partial charge on any atom is 0.243 e. The van der Waals surface area contributed by atoms with Crippen LogP contribution in [0.4, 0.5) is 4.39 Å². The predicted molar refractivity (Wildman–Crippen MR) is 112 cm³/mol. The summed E-state index contributed by atoms with van der Waals surface area (Å²) in [6.07, 6.45) is 0. The van der Waals surface area contributed by atoms with E-state index in [0.29, 0.717) is 18.8 Å². The van der Waals surface area contributed by atoms with Crippen LogP contribution in [0.1, 0.15) is 0 Å². The Bertz CT molecular complexity index is 1120. The molecule has 1 saturated heterocycles. The molecule has 0 spiro atoms. The monoisotopic (exact) mass is 476 g/mol. The van der Waals surface area contributed by atoms with Gasteiger partial charge < -0.3 is 4.74 Å². The molecule has 7 nitrogen and oxygen atoms in total. The summed E-state index contributed by atoms with van der Waals surface area (Å²) in [7, 11) is -5.81. The second-order valence-electron chi connectivity index (χ2n) is 6.82. The van der Waals surface area contributed by atoms with Gasteiger partial charge in [0.25, 0.3) is 0 Å². The smallest absolute Gasteiger partial charge is 0.243 e. The van der Waals surface area contributed by atoms with E-state index in [1.54, 1.807) is 12.1 Å². The van der Waals surface area contributed by atoms with Crippen molar-refractivity contribution in [2.75, 3.05) is 45.6 Å². The highest BCUT2D eigenvalue weighted by atomic mass is 35.5. The Balaban J connectivity index is 1.59. The maximum atomic E-state index is 13.3. The van der Waals surface area contributed by atoms with E-state index in [1.807, 2.05) is 4.90 Å². The second-order valence-corrected chi connectivity index (χ2v) is 11.3. The Morgan fingerprint density at radius 1 is 1.00 bits per heavy atom. The summed E-state index contributed by atoms with van der Waals surface area (Å²) in [5.41, 5.74) is 0. The van der Waals surface area contributed by atoms with Gasteiger partial charge in [-0.25, -0.2) is 21.2 Å². The Morgan fingerprint density at radius 2 is 1.70 bits per heavy atom. The topological polar surface area (TPSA) is 84.0 Å². The fourth-order valence-electron chi connectivity index (χ4n) is 3.14. The highest BCUT2D eigenvalue weighted by Crippen LogP contribution is 2.23.